The molecule has 1 fully saturated rings. The van der Waals surface area contributed by atoms with Gasteiger partial charge in [-0.25, -0.2) is 0 Å². The van der Waals surface area contributed by atoms with Crippen molar-refractivity contribution in [1.29, 1.82) is 0 Å². The summed E-state index contributed by atoms with van der Waals surface area (Å²) in [6.07, 6.45) is 0.833. The van der Waals surface area contributed by atoms with Crippen molar-refractivity contribution in [1.82, 2.24) is 10.2 Å². The fourth-order valence-corrected chi connectivity index (χ4v) is 2.72. The predicted octanol–water partition coefficient (Wildman–Crippen LogP) is 1.52. The van der Waals surface area contributed by atoms with E-state index in [1.165, 1.54) is 6.92 Å². The number of nitrogens with two attached hydrogens (primary N) is 1. The quantitative estimate of drug-likeness (QED) is 0.889. The third kappa shape index (κ3) is 3.85. The molecule has 1 aromatic rings. The molecule has 3 N–H and O–H groups in total. The van der Waals surface area contributed by atoms with Gasteiger partial charge in [0.05, 0.1) is 0 Å². The lowest BCUT2D eigenvalue weighted by atomic mass is 9.79. The van der Waals surface area contributed by atoms with Crippen LogP contribution in [0.1, 0.15) is 43.1 Å². The van der Waals surface area contributed by atoms with Gasteiger partial charge in [0.1, 0.15) is 0 Å². The van der Waals surface area contributed by atoms with E-state index in [2.05, 4.69) is 19.2 Å². The molecular formula is C17H25N3O2. The average molecular weight is 303 g/mol. The lowest BCUT2D eigenvalue weighted by Crippen LogP contribution is -2.53. The summed E-state index contributed by atoms with van der Waals surface area (Å²) >= 11 is 0. The summed E-state index contributed by atoms with van der Waals surface area (Å²) < 4.78 is 0. The molecule has 1 saturated heterocycles. The van der Waals surface area contributed by atoms with Crippen molar-refractivity contribution >= 4 is 11.8 Å². The Morgan fingerprint density at radius 2 is 1.95 bits per heavy atom. The molecule has 1 unspecified atom stereocenters. The SMILES string of the molecule is CC(=O)NCc1ccc(C(=O)N2CCC(N)C(C)(C)C2)cc1. The highest BCUT2D eigenvalue weighted by molar-refractivity contribution is 5.94. The first-order chi connectivity index (χ1) is 10.3. The molecule has 2 rings (SSSR count). The largest absolute Gasteiger partial charge is 0.352 e. The molecule has 0 bridgehead atoms. The molecule has 1 aromatic carbocycles. The summed E-state index contributed by atoms with van der Waals surface area (Å²) in [6, 6.07) is 7.53. The number of likely N-dealkylation sites (tertiary alicyclic amines) is 1. The van der Waals surface area contributed by atoms with Gasteiger partial charge >= 0.3 is 0 Å². The Balaban J connectivity index is 2.02. The first-order valence-corrected chi connectivity index (χ1v) is 7.68. The first kappa shape index (κ1) is 16.5. The Kier molecular flexibility index (Phi) is 4.86. The van der Waals surface area contributed by atoms with E-state index in [0.717, 1.165) is 12.0 Å². The molecule has 0 radical (unpaired) electrons. The molecule has 120 valence electrons. The van der Waals surface area contributed by atoms with Crippen LogP contribution in [0.5, 0.6) is 0 Å². The second kappa shape index (κ2) is 6.48. The fourth-order valence-electron chi connectivity index (χ4n) is 2.72. The minimum atomic E-state index is -0.0629. The number of hydrogen-bond acceptors (Lipinski definition) is 3. The van der Waals surface area contributed by atoms with E-state index in [-0.39, 0.29) is 23.3 Å². The number of amides is 2. The van der Waals surface area contributed by atoms with Gasteiger partial charge in [-0.15, -0.1) is 0 Å². The minimum Gasteiger partial charge on any atom is -0.352 e. The van der Waals surface area contributed by atoms with Crippen LogP contribution in [-0.2, 0) is 11.3 Å². The van der Waals surface area contributed by atoms with E-state index in [0.29, 0.717) is 25.2 Å². The highest BCUT2D eigenvalue weighted by Crippen LogP contribution is 2.28. The number of carbonyl (C=O) groups excluding carboxylic acids is 2. The molecule has 5 nitrogen and oxygen atoms in total. The van der Waals surface area contributed by atoms with Crippen LogP contribution in [0.25, 0.3) is 0 Å². The lowest BCUT2D eigenvalue weighted by Gasteiger charge is -2.42. The Labute approximate surface area is 131 Å². The zero-order chi connectivity index (χ0) is 16.3. The van der Waals surface area contributed by atoms with Gasteiger partial charge < -0.3 is 16.0 Å². The number of piperidine rings is 1. The molecule has 0 spiro atoms. The van der Waals surface area contributed by atoms with Crippen molar-refractivity contribution in [2.75, 3.05) is 13.1 Å². The van der Waals surface area contributed by atoms with Gasteiger partial charge in [0, 0.05) is 38.2 Å². The normalized spacial score (nSPS) is 20.5. The van der Waals surface area contributed by atoms with Crippen molar-refractivity contribution in [3.63, 3.8) is 0 Å². The summed E-state index contributed by atoms with van der Waals surface area (Å²) in [7, 11) is 0. The maximum Gasteiger partial charge on any atom is 0.253 e. The highest BCUT2D eigenvalue weighted by Gasteiger charge is 2.35. The van der Waals surface area contributed by atoms with Crippen molar-refractivity contribution in [2.45, 2.75) is 39.8 Å². The van der Waals surface area contributed by atoms with Crippen LogP contribution in [0.3, 0.4) is 0 Å². The number of benzene rings is 1. The van der Waals surface area contributed by atoms with E-state index >= 15 is 0 Å². The van der Waals surface area contributed by atoms with Crippen LogP contribution in [0, 0.1) is 5.41 Å². The molecule has 22 heavy (non-hydrogen) atoms. The topological polar surface area (TPSA) is 75.4 Å². The smallest absolute Gasteiger partial charge is 0.253 e. The van der Waals surface area contributed by atoms with E-state index in [1.54, 1.807) is 0 Å². The summed E-state index contributed by atoms with van der Waals surface area (Å²) in [6.45, 7) is 7.56. The fraction of sp³-hybridized carbons (Fsp3) is 0.529. The Bertz CT molecular complexity index is 552. The minimum absolute atomic E-state index is 0.0473. The molecule has 0 aliphatic carbocycles. The van der Waals surface area contributed by atoms with Crippen molar-refractivity contribution in [2.24, 2.45) is 11.1 Å². The van der Waals surface area contributed by atoms with Gasteiger partial charge in [0.15, 0.2) is 0 Å². The maximum absolute atomic E-state index is 12.6. The van der Waals surface area contributed by atoms with Gasteiger partial charge in [-0.1, -0.05) is 26.0 Å². The third-order valence-corrected chi connectivity index (χ3v) is 4.34. The molecule has 2 amide bonds. The van der Waals surface area contributed by atoms with E-state index in [9.17, 15) is 9.59 Å². The monoisotopic (exact) mass is 303 g/mol. The van der Waals surface area contributed by atoms with Crippen LogP contribution in [0.2, 0.25) is 0 Å². The Morgan fingerprint density at radius 1 is 1.32 bits per heavy atom. The van der Waals surface area contributed by atoms with Crippen LogP contribution in [0.4, 0.5) is 0 Å². The molecule has 1 aliphatic heterocycles. The Morgan fingerprint density at radius 3 is 2.50 bits per heavy atom. The molecular weight excluding hydrogens is 278 g/mol. The zero-order valence-electron chi connectivity index (χ0n) is 13.6. The van der Waals surface area contributed by atoms with Gasteiger partial charge in [0.25, 0.3) is 5.91 Å². The number of hydrogen-bond donors (Lipinski definition) is 2. The first-order valence-electron chi connectivity index (χ1n) is 7.68. The second-order valence-electron chi connectivity index (χ2n) is 6.72. The predicted molar refractivity (Wildman–Crippen MR) is 86.2 cm³/mol. The van der Waals surface area contributed by atoms with Gasteiger partial charge in [-0.2, -0.15) is 0 Å². The van der Waals surface area contributed by atoms with Crippen LogP contribution < -0.4 is 11.1 Å². The standard InChI is InChI=1S/C17H25N3O2/c1-12(21)19-10-13-4-6-14(7-5-13)16(22)20-9-8-15(18)17(2,3)11-20/h4-7,15H,8-11,18H2,1-3H3,(H,19,21). The summed E-state index contributed by atoms with van der Waals surface area (Å²) in [5, 5.41) is 2.74. The second-order valence-corrected chi connectivity index (χ2v) is 6.72. The molecule has 5 heteroatoms. The number of nitrogens with zero attached hydrogens (tertiary/aromatic N) is 1. The Hall–Kier alpha value is -1.88. The number of carbonyl (C=O) groups is 2. The van der Waals surface area contributed by atoms with Crippen LogP contribution in [0.15, 0.2) is 24.3 Å². The highest BCUT2D eigenvalue weighted by atomic mass is 16.2. The molecule has 0 saturated carbocycles. The molecule has 0 aromatic heterocycles. The summed E-state index contributed by atoms with van der Waals surface area (Å²) in [4.78, 5) is 25.4. The maximum atomic E-state index is 12.6. The van der Waals surface area contributed by atoms with E-state index < -0.39 is 0 Å². The third-order valence-electron chi connectivity index (χ3n) is 4.34. The lowest BCUT2D eigenvalue weighted by molar-refractivity contribution is -0.119. The van der Waals surface area contributed by atoms with Gasteiger partial charge in [-0.3, -0.25) is 9.59 Å². The molecule has 1 heterocycles. The molecule has 1 atom stereocenters. The van der Waals surface area contributed by atoms with Crippen LogP contribution in [-0.4, -0.2) is 35.8 Å². The zero-order valence-corrected chi connectivity index (χ0v) is 13.6. The van der Waals surface area contributed by atoms with Gasteiger partial charge in [-0.05, 0) is 29.5 Å². The molecule has 1 aliphatic rings. The van der Waals surface area contributed by atoms with E-state index in [4.69, 9.17) is 5.73 Å². The van der Waals surface area contributed by atoms with Crippen molar-refractivity contribution in [3.8, 4) is 0 Å². The van der Waals surface area contributed by atoms with Gasteiger partial charge in [0.2, 0.25) is 5.91 Å². The van der Waals surface area contributed by atoms with Crippen molar-refractivity contribution in [3.05, 3.63) is 35.4 Å². The average Bonchev–Trinajstić information content (AvgIpc) is 2.47. The summed E-state index contributed by atoms with van der Waals surface area (Å²) in [5.41, 5.74) is 7.72. The van der Waals surface area contributed by atoms with Crippen LogP contribution >= 0.6 is 0 Å². The number of nitrogens with one attached hydrogen (secondary N) is 1. The van der Waals surface area contributed by atoms with E-state index in [1.807, 2.05) is 29.2 Å². The number of rotatable bonds is 3. The van der Waals surface area contributed by atoms with Crippen molar-refractivity contribution < 1.29 is 9.59 Å². The summed E-state index contributed by atoms with van der Waals surface area (Å²) in [5.74, 6) is -0.0157.